The average Bonchev–Trinajstić information content (AvgIpc) is 2.93. The van der Waals surface area contributed by atoms with E-state index >= 15 is 0 Å². The number of hydrogen-bond donors (Lipinski definition) is 1. The normalized spacial score (nSPS) is 18.3. The highest BCUT2D eigenvalue weighted by Crippen LogP contribution is 2.15. The number of amides is 1. The van der Waals surface area contributed by atoms with E-state index in [1.165, 1.54) is 0 Å². The Morgan fingerprint density at radius 3 is 2.82 bits per heavy atom. The fourth-order valence-corrected chi connectivity index (χ4v) is 2.27. The maximum Gasteiger partial charge on any atom is 0.410 e. The first kappa shape index (κ1) is 16.4. The summed E-state index contributed by atoms with van der Waals surface area (Å²) in [7, 11) is 0. The zero-order chi connectivity index (χ0) is 16.2. The highest BCUT2D eigenvalue weighted by atomic mass is 16.6. The van der Waals surface area contributed by atoms with Crippen molar-refractivity contribution in [1.29, 1.82) is 0 Å². The Kier molecular flexibility index (Phi) is 5.13. The van der Waals surface area contributed by atoms with Gasteiger partial charge in [-0.05, 0) is 39.3 Å². The first-order valence-corrected chi connectivity index (χ1v) is 7.51. The molecule has 120 valence electrons. The molecule has 0 aromatic carbocycles. The molecule has 1 aromatic rings. The smallest absolute Gasteiger partial charge is 0.410 e. The molecule has 1 aromatic heterocycles. The SMILES string of the molecule is CC(C)(C)OC(=O)N1CCC(NCC(=O)c2ccccn2)C1. The minimum atomic E-state index is -0.489. The van der Waals surface area contributed by atoms with Gasteiger partial charge >= 0.3 is 6.09 Å². The van der Waals surface area contributed by atoms with E-state index in [4.69, 9.17) is 4.74 Å². The molecule has 1 aliphatic heterocycles. The van der Waals surface area contributed by atoms with Gasteiger partial charge in [-0.3, -0.25) is 9.78 Å². The largest absolute Gasteiger partial charge is 0.444 e. The van der Waals surface area contributed by atoms with Gasteiger partial charge in [-0.15, -0.1) is 0 Å². The third-order valence-electron chi connectivity index (χ3n) is 3.34. The predicted molar refractivity (Wildman–Crippen MR) is 82.8 cm³/mol. The zero-order valence-corrected chi connectivity index (χ0v) is 13.3. The summed E-state index contributed by atoms with van der Waals surface area (Å²) >= 11 is 0. The fraction of sp³-hybridized carbons (Fsp3) is 0.562. The maximum absolute atomic E-state index is 12.0. The number of carbonyl (C=O) groups excluding carboxylic acids is 2. The molecule has 1 aliphatic rings. The minimum Gasteiger partial charge on any atom is -0.444 e. The van der Waals surface area contributed by atoms with Gasteiger partial charge in [0.05, 0.1) is 6.54 Å². The van der Waals surface area contributed by atoms with Crippen molar-refractivity contribution < 1.29 is 14.3 Å². The maximum atomic E-state index is 12.0. The number of ether oxygens (including phenoxy) is 1. The van der Waals surface area contributed by atoms with Crippen LogP contribution in [0, 0.1) is 0 Å². The average molecular weight is 305 g/mol. The van der Waals surface area contributed by atoms with Crippen molar-refractivity contribution >= 4 is 11.9 Å². The van der Waals surface area contributed by atoms with Crippen molar-refractivity contribution in [3.05, 3.63) is 30.1 Å². The number of rotatable bonds is 4. The second-order valence-corrected chi connectivity index (χ2v) is 6.43. The molecular formula is C16H23N3O3. The summed E-state index contributed by atoms with van der Waals surface area (Å²) in [5.41, 5.74) is -0.0330. The molecule has 0 saturated carbocycles. The molecule has 1 atom stereocenters. The molecule has 1 amide bonds. The van der Waals surface area contributed by atoms with Crippen molar-refractivity contribution in [3.63, 3.8) is 0 Å². The van der Waals surface area contributed by atoms with Crippen molar-refractivity contribution in [3.8, 4) is 0 Å². The van der Waals surface area contributed by atoms with E-state index in [1.54, 1.807) is 29.3 Å². The summed E-state index contributed by atoms with van der Waals surface area (Å²) in [6.45, 7) is 6.98. The van der Waals surface area contributed by atoms with Gasteiger partial charge in [0.2, 0.25) is 0 Å². The van der Waals surface area contributed by atoms with E-state index < -0.39 is 5.60 Å². The summed E-state index contributed by atoms with van der Waals surface area (Å²) in [4.78, 5) is 29.6. The van der Waals surface area contributed by atoms with E-state index in [9.17, 15) is 9.59 Å². The first-order valence-electron chi connectivity index (χ1n) is 7.51. The molecule has 6 heteroatoms. The topological polar surface area (TPSA) is 71.5 Å². The Balaban J connectivity index is 1.77. The van der Waals surface area contributed by atoms with Crippen LogP contribution in [0.3, 0.4) is 0 Å². The van der Waals surface area contributed by atoms with Crippen LogP contribution in [-0.2, 0) is 4.74 Å². The van der Waals surface area contributed by atoms with Crippen molar-refractivity contribution in [2.45, 2.75) is 38.8 Å². The summed E-state index contributed by atoms with van der Waals surface area (Å²) in [6, 6.07) is 5.38. The Morgan fingerprint density at radius 2 is 2.18 bits per heavy atom. The van der Waals surface area contributed by atoms with Crippen molar-refractivity contribution in [2.75, 3.05) is 19.6 Å². The number of likely N-dealkylation sites (tertiary alicyclic amines) is 1. The zero-order valence-electron chi connectivity index (χ0n) is 13.3. The van der Waals surface area contributed by atoms with Crippen LogP contribution >= 0.6 is 0 Å². The second-order valence-electron chi connectivity index (χ2n) is 6.43. The monoisotopic (exact) mass is 305 g/mol. The molecule has 2 heterocycles. The van der Waals surface area contributed by atoms with E-state index in [2.05, 4.69) is 10.3 Å². The number of nitrogens with zero attached hydrogens (tertiary/aromatic N) is 2. The van der Waals surface area contributed by atoms with E-state index in [0.717, 1.165) is 6.42 Å². The molecule has 1 unspecified atom stereocenters. The first-order chi connectivity index (χ1) is 10.3. The number of nitrogens with one attached hydrogen (secondary N) is 1. The Morgan fingerprint density at radius 1 is 1.41 bits per heavy atom. The lowest BCUT2D eigenvalue weighted by atomic mass is 10.2. The highest BCUT2D eigenvalue weighted by Gasteiger charge is 2.29. The number of hydrogen-bond acceptors (Lipinski definition) is 5. The van der Waals surface area contributed by atoms with Gasteiger partial charge in [0, 0.05) is 25.3 Å². The molecule has 0 aliphatic carbocycles. The number of ketones is 1. The van der Waals surface area contributed by atoms with Crippen LogP contribution in [0.15, 0.2) is 24.4 Å². The van der Waals surface area contributed by atoms with Gasteiger partial charge in [0.1, 0.15) is 11.3 Å². The molecule has 2 rings (SSSR count). The summed E-state index contributed by atoms with van der Waals surface area (Å²) in [5.74, 6) is -0.0451. The van der Waals surface area contributed by atoms with E-state index in [-0.39, 0.29) is 24.5 Å². The van der Waals surface area contributed by atoms with Crippen LogP contribution < -0.4 is 5.32 Å². The van der Waals surface area contributed by atoms with Gasteiger partial charge in [-0.1, -0.05) is 6.07 Å². The van der Waals surface area contributed by atoms with Crippen LogP contribution in [0.5, 0.6) is 0 Å². The molecule has 1 N–H and O–H groups in total. The molecule has 1 saturated heterocycles. The third-order valence-corrected chi connectivity index (χ3v) is 3.34. The highest BCUT2D eigenvalue weighted by molar-refractivity contribution is 5.95. The van der Waals surface area contributed by atoms with Gasteiger partial charge in [0.25, 0.3) is 0 Å². The lowest BCUT2D eigenvalue weighted by Gasteiger charge is -2.24. The number of aromatic nitrogens is 1. The number of Topliss-reactive ketones (excluding diaryl/α,β-unsaturated/α-hetero) is 1. The summed E-state index contributed by atoms with van der Waals surface area (Å²) in [6.07, 6.45) is 2.12. The Bertz CT molecular complexity index is 525. The second kappa shape index (κ2) is 6.87. The van der Waals surface area contributed by atoms with E-state index in [1.807, 2.05) is 20.8 Å². The van der Waals surface area contributed by atoms with Crippen LogP contribution in [0.1, 0.15) is 37.7 Å². The van der Waals surface area contributed by atoms with Gasteiger partial charge in [0.15, 0.2) is 5.78 Å². The van der Waals surface area contributed by atoms with Crippen LogP contribution in [0.2, 0.25) is 0 Å². The van der Waals surface area contributed by atoms with Crippen LogP contribution in [-0.4, -0.2) is 53.0 Å². The van der Waals surface area contributed by atoms with E-state index in [0.29, 0.717) is 18.8 Å². The third kappa shape index (κ3) is 4.80. The lowest BCUT2D eigenvalue weighted by Crippen LogP contribution is -2.39. The number of pyridine rings is 1. The summed E-state index contributed by atoms with van der Waals surface area (Å²) < 4.78 is 5.35. The molecule has 0 spiro atoms. The fourth-order valence-electron chi connectivity index (χ4n) is 2.27. The number of carbonyl (C=O) groups is 2. The van der Waals surface area contributed by atoms with Crippen molar-refractivity contribution in [1.82, 2.24) is 15.2 Å². The molecule has 1 fully saturated rings. The molecule has 0 radical (unpaired) electrons. The van der Waals surface area contributed by atoms with Gasteiger partial charge < -0.3 is 15.0 Å². The lowest BCUT2D eigenvalue weighted by molar-refractivity contribution is 0.0291. The van der Waals surface area contributed by atoms with Crippen LogP contribution in [0.25, 0.3) is 0 Å². The molecular weight excluding hydrogens is 282 g/mol. The Labute approximate surface area is 130 Å². The van der Waals surface area contributed by atoms with Crippen LogP contribution in [0.4, 0.5) is 4.79 Å². The van der Waals surface area contributed by atoms with Crippen molar-refractivity contribution in [2.24, 2.45) is 0 Å². The minimum absolute atomic E-state index is 0.0451. The molecule has 0 bridgehead atoms. The predicted octanol–water partition coefficient (Wildman–Crippen LogP) is 1.86. The summed E-state index contributed by atoms with van der Waals surface area (Å²) in [5, 5.41) is 3.19. The quantitative estimate of drug-likeness (QED) is 0.860. The standard InChI is InChI=1S/C16H23N3O3/c1-16(2,3)22-15(21)19-9-7-12(11-19)18-10-14(20)13-6-4-5-8-17-13/h4-6,8,12,18H,7,9-11H2,1-3H3. The van der Waals surface area contributed by atoms with Gasteiger partial charge in [-0.2, -0.15) is 0 Å². The molecule has 22 heavy (non-hydrogen) atoms. The molecule has 6 nitrogen and oxygen atoms in total. The van der Waals surface area contributed by atoms with Gasteiger partial charge in [-0.25, -0.2) is 4.79 Å². The Hall–Kier alpha value is -1.95.